The Labute approximate surface area is 99.2 Å². The highest BCUT2D eigenvalue weighted by atomic mass is 16.5. The fourth-order valence-electron chi connectivity index (χ4n) is 1.82. The first kappa shape index (κ1) is 13.5. The number of ether oxygens (including phenoxy) is 1. The molecule has 1 heterocycles. The smallest absolute Gasteiger partial charge is 0.0683 e. The lowest BCUT2D eigenvalue weighted by Gasteiger charge is -2.38. The van der Waals surface area contributed by atoms with Gasteiger partial charge in [-0.3, -0.25) is 0 Å². The van der Waals surface area contributed by atoms with Crippen molar-refractivity contribution in [2.24, 2.45) is 10.8 Å². The third-order valence-electron chi connectivity index (χ3n) is 3.16. The number of hydrogen-bond acceptors (Lipinski definition) is 3. The fraction of sp³-hybridized carbons (Fsp3) is 0.923. The lowest BCUT2D eigenvalue weighted by atomic mass is 9.88. The molecule has 16 heavy (non-hydrogen) atoms. The Hall–Kier alpha value is -0.590. The molecule has 1 N–H and O–H groups in total. The van der Waals surface area contributed by atoms with Gasteiger partial charge in [-0.25, -0.2) is 0 Å². The number of nitrogens with one attached hydrogen (secondary N) is 1. The largest absolute Gasteiger partial charge is 0.380 e. The van der Waals surface area contributed by atoms with Gasteiger partial charge in [-0.05, 0) is 33.2 Å². The number of nitriles is 1. The Morgan fingerprint density at radius 1 is 1.38 bits per heavy atom. The molecule has 0 bridgehead atoms. The zero-order valence-corrected chi connectivity index (χ0v) is 10.8. The highest BCUT2D eigenvalue weighted by Crippen LogP contribution is 2.25. The molecule has 1 aliphatic heterocycles. The molecule has 0 unspecified atom stereocenters. The molecule has 1 aliphatic rings. The van der Waals surface area contributed by atoms with Crippen molar-refractivity contribution in [3.05, 3.63) is 0 Å². The van der Waals surface area contributed by atoms with E-state index in [1.54, 1.807) is 0 Å². The Balaban J connectivity index is 1.94. The summed E-state index contributed by atoms with van der Waals surface area (Å²) < 4.78 is 5.20. The van der Waals surface area contributed by atoms with E-state index in [0.717, 1.165) is 45.6 Å². The van der Waals surface area contributed by atoms with E-state index in [1.165, 1.54) is 0 Å². The van der Waals surface area contributed by atoms with E-state index in [1.807, 2.05) is 13.8 Å². The van der Waals surface area contributed by atoms with E-state index in [9.17, 15) is 0 Å². The first-order valence-corrected chi connectivity index (χ1v) is 6.17. The number of nitrogens with zero attached hydrogens (tertiary/aromatic N) is 1. The SMILES string of the molecule is CC(C)(C#N)CCCCNCC1(C)COC1. The van der Waals surface area contributed by atoms with Crippen LogP contribution in [0.3, 0.4) is 0 Å². The summed E-state index contributed by atoms with van der Waals surface area (Å²) in [5.74, 6) is 0. The highest BCUT2D eigenvalue weighted by molar-refractivity contribution is 4.91. The van der Waals surface area contributed by atoms with E-state index in [0.29, 0.717) is 5.41 Å². The summed E-state index contributed by atoms with van der Waals surface area (Å²) in [7, 11) is 0. The molecule has 1 rings (SSSR count). The minimum absolute atomic E-state index is 0.159. The summed E-state index contributed by atoms with van der Waals surface area (Å²) in [5.41, 5.74) is 0.208. The van der Waals surface area contributed by atoms with Gasteiger partial charge in [0.25, 0.3) is 0 Å². The predicted octanol–water partition coefficient (Wildman–Crippen LogP) is 2.33. The van der Waals surface area contributed by atoms with Crippen LogP contribution in [-0.2, 0) is 4.74 Å². The molecule has 3 heteroatoms. The van der Waals surface area contributed by atoms with E-state index in [2.05, 4.69) is 18.3 Å². The van der Waals surface area contributed by atoms with E-state index >= 15 is 0 Å². The average molecular weight is 224 g/mol. The normalized spacial score (nSPS) is 18.9. The summed E-state index contributed by atoms with van der Waals surface area (Å²) >= 11 is 0. The van der Waals surface area contributed by atoms with E-state index in [-0.39, 0.29) is 5.41 Å². The number of hydrogen-bond donors (Lipinski definition) is 1. The summed E-state index contributed by atoms with van der Waals surface area (Å²) in [6, 6.07) is 2.34. The van der Waals surface area contributed by atoms with E-state index in [4.69, 9.17) is 10.00 Å². The molecule has 0 aromatic heterocycles. The standard InChI is InChI=1S/C13H24N2O/c1-12(2,8-14)6-4-5-7-15-9-13(3)10-16-11-13/h15H,4-7,9-11H2,1-3H3. The van der Waals surface area contributed by atoms with Crippen LogP contribution >= 0.6 is 0 Å². The first-order chi connectivity index (χ1) is 7.47. The zero-order valence-electron chi connectivity index (χ0n) is 10.8. The van der Waals surface area contributed by atoms with Crippen molar-refractivity contribution in [2.75, 3.05) is 26.3 Å². The Morgan fingerprint density at radius 2 is 2.06 bits per heavy atom. The molecule has 1 fully saturated rings. The van der Waals surface area contributed by atoms with Crippen molar-refractivity contribution < 1.29 is 4.74 Å². The third kappa shape index (κ3) is 4.51. The fourth-order valence-corrected chi connectivity index (χ4v) is 1.82. The van der Waals surface area contributed by atoms with Crippen LogP contribution in [0, 0.1) is 22.2 Å². The monoisotopic (exact) mass is 224 g/mol. The molecular weight excluding hydrogens is 200 g/mol. The molecule has 0 atom stereocenters. The van der Waals surface area contributed by atoms with Crippen LogP contribution in [0.25, 0.3) is 0 Å². The second-order valence-electron chi connectivity index (χ2n) is 5.93. The molecular formula is C13H24N2O. The average Bonchev–Trinajstić information content (AvgIpc) is 2.20. The molecule has 3 nitrogen and oxygen atoms in total. The molecule has 0 saturated carbocycles. The summed E-state index contributed by atoms with van der Waals surface area (Å²) in [4.78, 5) is 0. The third-order valence-corrected chi connectivity index (χ3v) is 3.16. The van der Waals surface area contributed by atoms with Crippen LogP contribution in [0.4, 0.5) is 0 Å². The lowest BCUT2D eigenvalue weighted by Crippen LogP contribution is -2.47. The topological polar surface area (TPSA) is 45.0 Å². The summed E-state index contributed by atoms with van der Waals surface area (Å²) in [6.07, 6.45) is 3.27. The van der Waals surface area contributed by atoms with Gasteiger partial charge in [-0.1, -0.05) is 13.3 Å². The van der Waals surface area contributed by atoms with Crippen molar-refractivity contribution >= 4 is 0 Å². The maximum Gasteiger partial charge on any atom is 0.0683 e. The molecule has 0 aromatic rings. The van der Waals surface area contributed by atoms with Gasteiger partial charge in [-0.15, -0.1) is 0 Å². The van der Waals surface area contributed by atoms with Gasteiger partial charge in [0.1, 0.15) is 0 Å². The van der Waals surface area contributed by atoms with Crippen LogP contribution in [0.5, 0.6) is 0 Å². The van der Waals surface area contributed by atoms with Crippen molar-refractivity contribution in [1.29, 1.82) is 5.26 Å². The molecule has 0 spiro atoms. The minimum Gasteiger partial charge on any atom is -0.380 e. The van der Waals surface area contributed by atoms with Crippen molar-refractivity contribution in [3.63, 3.8) is 0 Å². The quantitative estimate of drug-likeness (QED) is 0.675. The molecule has 0 amide bonds. The van der Waals surface area contributed by atoms with Crippen molar-refractivity contribution in [1.82, 2.24) is 5.32 Å². The highest BCUT2D eigenvalue weighted by Gasteiger charge is 2.32. The second kappa shape index (κ2) is 5.65. The van der Waals surface area contributed by atoms with Crippen LogP contribution in [0.2, 0.25) is 0 Å². The maximum atomic E-state index is 8.86. The van der Waals surface area contributed by atoms with Crippen LogP contribution in [0.1, 0.15) is 40.0 Å². The Morgan fingerprint density at radius 3 is 2.56 bits per heavy atom. The molecule has 92 valence electrons. The maximum absolute atomic E-state index is 8.86. The first-order valence-electron chi connectivity index (χ1n) is 6.17. The van der Waals surface area contributed by atoms with Gasteiger partial charge < -0.3 is 10.1 Å². The van der Waals surface area contributed by atoms with Gasteiger partial charge in [0.05, 0.1) is 24.7 Å². The molecule has 0 aromatic carbocycles. The Bertz CT molecular complexity index is 251. The van der Waals surface area contributed by atoms with Gasteiger partial charge in [0.15, 0.2) is 0 Å². The van der Waals surface area contributed by atoms with Gasteiger partial charge >= 0.3 is 0 Å². The van der Waals surface area contributed by atoms with Gasteiger partial charge in [0, 0.05) is 12.0 Å². The Kier molecular flexibility index (Phi) is 4.76. The summed E-state index contributed by atoms with van der Waals surface area (Å²) in [6.45, 7) is 10.2. The van der Waals surface area contributed by atoms with Crippen LogP contribution < -0.4 is 5.32 Å². The van der Waals surface area contributed by atoms with Crippen LogP contribution in [-0.4, -0.2) is 26.3 Å². The molecule has 0 aliphatic carbocycles. The predicted molar refractivity (Wildman–Crippen MR) is 65.0 cm³/mol. The molecule has 1 saturated heterocycles. The number of rotatable bonds is 7. The van der Waals surface area contributed by atoms with Crippen molar-refractivity contribution in [2.45, 2.75) is 40.0 Å². The second-order valence-corrected chi connectivity index (χ2v) is 5.93. The van der Waals surface area contributed by atoms with Gasteiger partial charge in [0.2, 0.25) is 0 Å². The molecule has 0 radical (unpaired) electrons. The van der Waals surface area contributed by atoms with Crippen LogP contribution in [0.15, 0.2) is 0 Å². The van der Waals surface area contributed by atoms with Crippen molar-refractivity contribution in [3.8, 4) is 6.07 Å². The summed E-state index contributed by atoms with van der Waals surface area (Å²) in [5, 5.41) is 12.3. The lowest BCUT2D eigenvalue weighted by molar-refractivity contribution is -0.0989. The minimum atomic E-state index is -0.159. The number of unbranched alkanes of at least 4 members (excludes halogenated alkanes) is 1. The van der Waals surface area contributed by atoms with E-state index < -0.39 is 0 Å². The zero-order chi connectivity index (χ0) is 12.1. The van der Waals surface area contributed by atoms with Gasteiger partial charge in [-0.2, -0.15) is 5.26 Å².